The van der Waals surface area contributed by atoms with Crippen LogP contribution in [0.5, 0.6) is 0 Å². The van der Waals surface area contributed by atoms with E-state index >= 15 is 0 Å². The fraction of sp³-hybridized carbons (Fsp3) is 0. The van der Waals surface area contributed by atoms with Crippen LogP contribution in [0.25, 0.3) is 22.2 Å². The molecule has 0 saturated carbocycles. The zero-order valence-corrected chi connectivity index (χ0v) is 16.9. The van der Waals surface area contributed by atoms with Crippen molar-refractivity contribution >= 4 is 45.5 Å². The van der Waals surface area contributed by atoms with Gasteiger partial charge in [-0.2, -0.15) is 0 Å². The van der Waals surface area contributed by atoms with Crippen LogP contribution < -0.4 is 5.32 Å². The smallest absolute Gasteiger partial charge is 0.299 e. The molecule has 32 heavy (non-hydrogen) atoms. The number of nitrogens with one attached hydrogen (secondary N) is 1. The number of para-hydroxylation sites is 1. The van der Waals surface area contributed by atoms with Crippen molar-refractivity contribution in [2.45, 2.75) is 0 Å². The molecular formula is C22H13ClN4O5. The highest BCUT2D eigenvalue weighted by molar-refractivity contribution is 6.30. The van der Waals surface area contributed by atoms with Crippen LogP contribution in [0.15, 0.2) is 72.8 Å². The molecular weight excluding hydrogens is 436 g/mol. The molecule has 0 saturated heterocycles. The van der Waals surface area contributed by atoms with Gasteiger partial charge in [0.1, 0.15) is 5.69 Å². The third-order valence-electron chi connectivity index (χ3n) is 4.74. The van der Waals surface area contributed by atoms with Crippen LogP contribution in [0.1, 0.15) is 10.4 Å². The minimum atomic E-state index is -0.785. The van der Waals surface area contributed by atoms with Gasteiger partial charge in [0.2, 0.25) is 0 Å². The minimum Gasteiger partial charge on any atom is -0.316 e. The molecule has 0 unspecified atom stereocenters. The van der Waals surface area contributed by atoms with Gasteiger partial charge < -0.3 is 5.32 Å². The molecule has 9 nitrogen and oxygen atoms in total. The Balaban J connectivity index is 1.79. The second kappa shape index (κ2) is 8.40. The first-order valence-electron chi connectivity index (χ1n) is 9.23. The summed E-state index contributed by atoms with van der Waals surface area (Å²) in [6.45, 7) is 0. The lowest BCUT2D eigenvalue weighted by molar-refractivity contribution is -0.393. The predicted molar refractivity (Wildman–Crippen MR) is 120 cm³/mol. The maximum Gasteiger partial charge on any atom is 0.299 e. The summed E-state index contributed by atoms with van der Waals surface area (Å²) in [5.41, 5.74) is 0.869. The van der Waals surface area contributed by atoms with Gasteiger partial charge in [-0.25, -0.2) is 4.98 Å². The van der Waals surface area contributed by atoms with E-state index in [9.17, 15) is 25.0 Å². The number of benzene rings is 3. The van der Waals surface area contributed by atoms with E-state index in [-0.39, 0.29) is 11.3 Å². The Morgan fingerprint density at radius 2 is 1.62 bits per heavy atom. The number of amides is 1. The number of hydrogen-bond donors (Lipinski definition) is 1. The highest BCUT2D eigenvalue weighted by atomic mass is 35.5. The Morgan fingerprint density at radius 1 is 0.906 bits per heavy atom. The SMILES string of the molecule is O=C(Nc1ccc([N+](=O)[O-])cc1[N+](=O)[O-])c1cc(-c2ccc(Cl)cc2)nc2ccccc12. The van der Waals surface area contributed by atoms with Gasteiger partial charge in [0.05, 0.1) is 32.7 Å². The van der Waals surface area contributed by atoms with Crippen molar-refractivity contribution in [2.24, 2.45) is 0 Å². The van der Waals surface area contributed by atoms with Crippen LogP contribution in [0.2, 0.25) is 5.02 Å². The average Bonchev–Trinajstić information content (AvgIpc) is 2.78. The summed E-state index contributed by atoms with van der Waals surface area (Å²) >= 11 is 5.96. The zero-order valence-electron chi connectivity index (χ0n) is 16.2. The molecule has 1 N–H and O–H groups in total. The molecule has 4 aromatic rings. The Morgan fingerprint density at radius 3 is 2.31 bits per heavy atom. The van der Waals surface area contributed by atoms with E-state index in [1.807, 2.05) is 0 Å². The number of nitrogens with zero attached hydrogens (tertiary/aromatic N) is 3. The van der Waals surface area contributed by atoms with E-state index in [1.165, 1.54) is 0 Å². The van der Waals surface area contributed by atoms with Crippen molar-refractivity contribution in [2.75, 3.05) is 5.32 Å². The molecule has 0 aliphatic rings. The highest BCUT2D eigenvalue weighted by Gasteiger charge is 2.22. The lowest BCUT2D eigenvalue weighted by Crippen LogP contribution is -2.14. The van der Waals surface area contributed by atoms with Crippen molar-refractivity contribution < 1.29 is 14.6 Å². The summed E-state index contributed by atoms with van der Waals surface area (Å²) in [4.78, 5) is 38.6. The number of carbonyl (C=O) groups is 1. The normalized spacial score (nSPS) is 10.7. The first-order chi connectivity index (χ1) is 15.3. The molecule has 0 spiro atoms. The van der Waals surface area contributed by atoms with Gasteiger partial charge >= 0.3 is 0 Å². The van der Waals surface area contributed by atoms with Crippen LogP contribution in [-0.4, -0.2) is 20.7 Å². The van der Waals surface area contributed by atoms with Crippen molar-refractivity contribution in [3.8, 4) is 11.3 Å². The fourth-order valence-electron chi connectivity index (χ4n) is 3.21. The van der Waals surface area contributed by atoms with Gasteiger partial charge in [-0.1, -0.05) is 41.9 Å². The number of pyridine rings is 1. The quantitative estimate of drug-likeness (QED) is 0.311. The van der Waals surface area contributed by atoms with Gasteiger partial charge in [-0.05, 0) is 30.3 Å². The molecule has 0 aliphatic heterocycles. The molecule has 1 amide bonds. The van der Waals surface area contributed by atoms with E-state index in [0.29, 0.717) is 21.6 Å². The Kier molecular flexibility index (Phi) is 5.48. The fourth-order valence-corrected chi connectivity index (χ4v) is 3.34. The summed E-state index contributed by atoms with van der Waals surface area (Å²) in [5, 5.41) is 26.0. The molecule has 158 valence electrons. The predicted octanol–water partition coefficient (Wildman–Crippen LogP) is 5.62. The van der Waals surface area contributed by atoms with Gasteiger partial charge in [0, 0.05) is 22.0 Å². The number of anilines is 1. The molecule has 4 rings (SSSR count). The summed E-state index contributed by atoms with van der Waals surface area (Å²) in [6.07, 6.45) is 0. The van der Waals surface area contributed by atoms with Crippen LogP contribution >= 0.6 is 11.6 Å². The molecule has 0 atom stereocenters. The lowest BCUT2D eigenvalue weighted by atomic mass is 10.0. The van der Waals surface area contributed by atoms with Crippen molar-refractivity contribution in [1.82, 2.24) is 4.98 Å². The maximum absolute atomic E-state index is 13.1. The number of fused-ring (bicyclic) bond motifs is 1. The first-order valence-corrected chi connectivity index (χ1v) is 9.61. The molecule has 10 heteroatoms. The monoisotopic (exact) mass is 448 g/mol. The summed E-state index contributed by atoms with van der Waals surface area (Å²) in [6, 6.07) is 18.5. The number of nitro benzene ring substituents is 2. The molecule has 3 aromatic carbocycles. The lowest BCUT2D eigenvalue weighted by Gasteiger charge is -2.11. The maximum atomic E-state index is 13.1. The average molecular weight is 449 g/mol. The minimum absolute atomic E-state index is 0.153. The van der Waals surface area contributed by atoms with Crippen molar-refractivity contribution in [3.05, 3.63) is 104 Å². The Hall–Kier alpha value is -4.37. The molecule has 0 fully saturated rings. The molecule has 0 radical (unpaired) electrons. The highest BCUT2D eigenvalue weighted by Crippen LogP contribution is 2.31. The summed E-state index contributed by atoms with van der Waals surface area (Å²) in [7, 11) is 0. The summed E-state index contributed by atoms with van der Waals surface area (Å²) in [5.74, 6) is -0.615. The first kappa shape index (κ1) is 20.9. The number of rotatable bonds is 5. The standard InChI is InChI=1S/C22H13ClN4O5/c23-14-7-5-13(6-8-14)20-12-17(16-3-1-2-4-18(16)24-20)22(28)25-19-10-9-15(26(29)30)11-21(19)27(31)32/h1-12H,(H,25,28). The van der Waals surface area contributed by atoms with Gasteiger partial charge in [-0.3, -0.25) is 25.0 Å². The van der Waals surface area contributed by atoms with E-state index in [4.69, 9.17) is 11.6 Å². The van der Waals surface area contributed by atoms with E-state index in [2.05, 4.69) is 10.3 Å². The molecule has 1 aromatic heterocycles. The van der Waals surface area contributed by atoms with E-state index in [0.717, 1.165) is 23.8 Å². The number of halogens is 1. The summed E-state index contributed by atoms with van der Waals surface area (Å²) < 4.78 is 0. The topological polar surface area (TPSA) is 128 Å². The third kappa shape index (κ3) is 4.09. The van der Waals surface area contributed by atoms with Crippen LogP contribution in [0.3, 0.4) is 0 Å². The Labute approximate surface area is 185 Å². The molecule has 0 aliphatic carbocycles. The van der Waals surface area contributed by atoms with Crippen LogP contribution in [-0.2, 0) is 0 Å². The third-order valence-corrected chi connectivity index (χ3v) is 4.99. The van der Waals surface area contributed by atoms with Gasteiger partial charge in [-0.15, -0.1) is 0 Å². The number of non-ortho nitro benzene ring substituents is 1. The van der Waals surface area contributed by atoms with Gasteiger partial charge in [0.15, 0.2) is 0 Å². The second-order valence-electron chi connectivity index (χ2n) is 6.75. The zero-order chi connectivity index (χ0) is 22.8. The second-order valence-corrected chi connectivity index (χ2v) is 7.19. The number of nitro groups is 2. The number of carbonyl (C=O) groups excluding carboxylic acids is 1. The van der Waals surface area contributed by atoms with E-state index < -0.39 is 27.1 Å². The molecule has 0 bridgehead atoms. The van der Waals surface area contributed by atoms with Crippen LogP contribution in [0.4, 0.5) is 17.1 Å². The Bertz CT molecular complexity index is 1390. The molecule has 1 heterocycles. The number of hydrogen-bond acceptors (Lipinski definition) is 6. The van der Waals surface area contributed by atoms with Crippen molar-refractivity contribution in [1.29, 1.82) is 0 Å². The largest absolute Gasteiger partial charge is 0.316 e. The van der Waals surface area contributed by atoms with E-state index in [1.54, 1.807) is 54.6 Å². The number of aromatic nitrogens is 1. The van der Waals surface area contributed by atoms with Crippen molar-refractivity contribution in [3.63, 3.8) is 0 Å². The van der Waals surface area contributed by atoms with Crippen LogP contribution in [0, 0.1) is 20.2 Å². The van der Waals surface area contributed by atoms with Gasteiger partial charge in [0.25, 0.3) is 17.3 Å².